The number of halogens is 1. The zero-order valence-corrected chi connectivity index (χ0v) is 19.1. The van der Waals surface area contributed by atoms with Crippen molar-refractivity contribution in [3.63, 3.8) is 0 Å². The predicted octanol–water partition coefficient (Wildman–Crippen LogP) is 5.37. The molecule has 1 amide bonds. The summed E-state index contributed by atoms with van der Waals surface area (Å²) in [4.78, 5) is 12.9. The molecule has 0 saturated heterocycles. The molecule has 0 spiro atoms. The molecule has 2 heterocycles. The zero-order valence-electron chi connectivity index (χ0n) is 17.5. The molecular formula is C23H21ClN4O3S. The highest BCUT2D eigenvalue weighted by Gasteiger charge is 2.23. The van der Waals surface area contributed by atoms with Gasteiger partial charge in [-0.1, -0.05) is 53.7 Å². The van der Waals surface area contributed by atoms with Crippen LogP contribution in [0, 0.1) is 0 Å². The molecule has 0 fully saturated rings. The second-order valence-electron chi connectivity index (χ2n) is 6.95. The third kappa shape index (κ3) is 4.98. The average Bonchev–Trinajstić information content (AvgIpc) is 3.45. The number of nitrogens with one attached hydrogen (secondary N) is 1. The minimum Gasteiger partial charge on any atom is -0.495 e. The number of benzene rings is 2. The second-order valence-corrected chi connectivity index (χ2v) is 8.69. The van der Waals surface area contributed by atoms with E-state index < -0.39 is 5.25 Å². The first-order chi connectivity index (χ1) is 15.5. The summed E-state index contributed by atoms with van der Waals surface area (Å²) in [6, 6.07) is 18.7. The van der Waals surface area contributed by atoms with Gasteiger partial charge in [0.25, 0.3) is 0 Å². The number of nitrogens with zero attached hydrogens (tertiary/aromatic N) is 3. The van der Waals surface area contributed by atoms with Gasteiger partial charge < -0.3 is 14.5 Å². The molecule has 4 rings (SSSR count). The van der Waals surface area contributed by atoms with Crippen LogP contribution < -0.4 is 10.1 Å². The van der Waals surface area contributed by atoms with Gasteiger partial charge in [-0.15, -0.1) is 10.2 Å². The van der Waals surface area contributed by atoms with Crippen LogP contribution in [0.5, 0.6) is 5.75 Å². The minimum absolute atomic E-state index is 0.204. The van der Waals surface area contributed by atoms with Crippen molar-refractivity contribution in [2.75, 3.05) is 12.4 Å². The number of furan rings is 1. The topological polar surface area (TPSA) is 82.2 Å². The Balaban J connectivity index is 1.57. The number of anilines is 1. The van der Waals surface area contributed by atoms with Crippen molar-refractivity contribution < 1.29 is 13.9 Å². The molecule has 2 aromatic heterocycles. The fraction of sp³-hybridized carbons (Fsp3) is 0.174. The maximum atomic E-state index is 12.9. The number of ether oxygens (including phenoxy) is 1. The number of carbonyl (C=O) groups is 1. The summed E-state index contributed by atoms with van der Waals surface area (Å²) in [5, 5.41) is 12.2. The Kier molecular flexibility index (Phi) is 6.82. The molecule has 0 bridgehead atoms. The van der Waals surface area contributed by atoms with Gasteiger partial charge in [0.1, 0.15) is 5.75 Å². The Morgan fingerprint density at radius 3 is 2.72 bits per heavy atom. The molecule has 0 saturated carbocycles. The molecule has 7 nitrogen and oxygen atoms in total. The summed E-state index contributed by atoms with van der Waals surface area (Å²) in [6.45, 7) is 2.35. The van der Waals surface area contributed by atoms with Gasteiger partial charge in [-0.3, -0.25) is 9.36 Å². The third-order valence-electron chi connectivity index (χ3n) is 4.71. The molecular weight excluding hydrogens is 448 g/mol. The van der Waals surface area contributed by atoms with Crippen molar-refractivity contribution in [3.05, 3.63) is 77.5 Å². The van der Waals surface area contributed by atoms with Crippen molar-refractivity contribution in [1.29, 1.82) is 0 Å². The van der Waals surface area contributed by atoms with E-state index in [1.165, 1.54) is 11.8 Å². The van der Waals surface area contributed by atoms with Crippen LogP contribution in [0.1, 0.15) is 12.5 Å². The monoisotopic (exact) mass is 468 g/mol. The number of amides is 1. The van der Waals surface area contributed by atoms with Crippen LogP contribution in [-0.2, 0) is 11.3 Å². The number of rotatable bonds is 8. The van der Waals surface area contributed by atoms with Crippen LogP contribution in [0.25, 0.3) is 11.6 Å². The van der Waals surface area contributed by atoms with Crippen LogP contribution >= 0.6 is 23.4 Å². The summed E-state index contributed by atoms with van der Waals surface area (Å²) >= 11 is 7.39. The molecule has 0 aliphatic heterocycles. The van der Waals surface area contributed by atoms with Crippen LogP contribution in [0.4, 0.5) is 5.69 Å². The number of methoxy groups -OCH3 is 1. The Morgan fingerprint density at radius 2 is 2.00 bits per heavy atom. The standard InChI is InChI=1S/C23H21ClN4O3S/c1-15(22(29)25-18-13-17(24)10-11-19(18)30-2)32-23-27-26-21(20-9-6-12-31-20)28(23)14-16-7-4-3-5-8-16/h3-13,15H,14H2,1-2H3,(H,25,29). The summed E-state index contributed by atoms with van der Waals surface area (Å²) in [7, 11) is 1.54. The molecule has 164 valence electrons. The largest absolute Gasteiger partial charge is 0.495 e. The van der Waals surface area contributed by atoms with Crippen molar-refractivity contribution in [2.45, 2.75) is 23.9 Å². The van der Waals surface area contributed by atoms with E-state index in [0.29, 0.717) is 39.7 Å². The lowest BCUT2D eigenvalue weighted by molar-refractivity contribution is -0.115. The van der Waals surface area contributed by atoms with Gasteiger partial charge in [-0.05, 0) is 42.8 Å². The summed E-state index contributed by atoms with van der Waals surface area (Å²) < 4.78 is 12.8. The molecule has 9 heteroatoms. The highest BCUT2D eigenvalue weighted by molar-refractivity contribution is 8.00. The first-order valence-electron chi connectivity index (χ1n) is 9.87. The summed E-state index contributed by atoms with van der Waals surface area (Å²) in [5.74, 6) is 1.54. The number of carbonyl (C=O) groups excluding carboxylic acids is 1. The van der Waals surface area contributed by atoms with E-state index >= 15 is 0 Å². The van der Waals surface area contributed by atoms with Crippen molar-refractivity contribution in [2.24, 2.45) is 0 Å². The molecule has 32 heavy (non-hydrogen) atoms. The second kappa shape index (κ2) is 9.93. The van der Waals surface area contributed by atoms with E-state index in [2.05, 4.69) is 15.5 Å². The van der Waals surface area contributed by atoms with Gasteiger partial charge >= 0.3 is 0 Å². The van der Waals surface area contributed by atoms with Gasteiger partial charge in [0, 0.05) is 5.02 Å². The highest BCUT2D eigenvalue weighted by Crippen LogP contribution is 2.31. The lowest BCUT2D eigenvalue weighted by Crippen LogP contribution is -2.23. The molecule has 1 N–H and O–H groups in total. The fourth-order valence-corrected chi connectivity index (χ4v) is 4.12. The average molecular weight is 469 g/mol. The zero-order chi connectivity index (χ0) is 22.5. The molecule has 4 aromatic rings. The quantitative estimate of drug-likeness (QED) is 0.350. The van der Waals surface area contributed by atoms with Crippen molar-refractivity contribution in [1.82, 2.24) is 14.8 Å². The van der Waals surface area contributed by atoms with E-state index in [9.17, 15) is 4.79 Å². The Morgan fingerprint density at radius 1 is 1.19 bits per heavy atom. The van der Waals surface area contributed by atoms with Gasteiger partial charge in [-0.25, -0.2) is 0 Å². The van der Waals surface area contributed by atoms with E-state index in [4.69, 9.17) is 20.8 Å². The lowest BCUT2D eigenvalue weighted by atomic mass is 10.2. The molecule has 0 aliphatic carbocycles. The summed E-state index contributed by atoms with van der Waals surface area (Å²) in [5.41, 5.74) is 1.60. The smallest absolute Gasteiger partial charge is 0.237 e. The van der Waals surface area contributed by atoms with Crippen molar-refractivity contribution in [3.8, 4) is 17.3 Å². The van der Waals surface area contributed by atoms with E-state index in [0.717, 1.165) is 5.56 Å². The molecule has 0 radical (unpaired) electrons. The minimum atomic E-state index is -0.457. The molecule has 1 unspecified atom stereocenters. The van der Waals surface area contributed by atoms with Crippen molar-refractivity contribution >= 4 is 35.0 Å². The van der Waals surface area contributed by atoms with Gasteiger partial charge in [-0.2, -0.15) is 0 Å². The fourth-order valence-electron chi connectivity index (χ4n) is 3.10. The van der Waals surface area contributed by atoms with Crippen LogP contribution in [0.3, 0.4) is 0 Å². The van der Waals surface area contributed by atoms with Gasteiger partial charge in [0.15, 0.2) is 10.9 Å². The van der Waals surface area contributed by atoms with E-state index in [1.807, 2.05) is 47.9 Å². The number of aromatic nitrogens is 3. The maximum Gasteiger partial charge on any atom is 0.237 e. The van der Waals surface area contributed by atoms with Crippen LogP contribution in [-0.4, -0.2) is 33.0 Å². The Bertz CT molecular complexity index is 1200. The Labute approximate surface area is 194 Å². The van der Waals surface area contributed by atoms with Crippen LogP contribution in [0.15, 0.2) is 76.5 Å². The summed E-state index contributed by atoms with van der Waals surface area (Å²) in [6.07, 6.45) is 1.60. The SMILES string of the molecule is COc1ccc(Cl)cc1NC(=O)C(C)Sc1nnc(-c2ccco2)n1Cc1ccccc1. The Hall–Kier alpha value is -3.23. The van der Waals surface area contributed by atoms with E-state index in [-0.39, 0.29) is 5.91 Å². The third-order valence-corrected chi connectivity index (χ3v) is 6.03. The van der Waals surface area contributed by atoms with Gasteiger partial charge in [0.2, 0.25) is 11.7 Å². The normalized spacial score (nSPS) is 11.8. The maximum absolute atomic E-state index is 12.9. The first kappa shape index (κ1) is 22.0. The first-order valence-corrected chi connectivity index (χ1v) is 11.1. The lowest BCUT2D eigenvalue weighted by Gasteiger charge is -2.15. The number of thioether (sulfide) groups is 1. The molecule has 2 aromatic carbocycles. The highest BCUT2D eigenvalue weighted by atomic mass is 35.5. The number of hydrogen-bond donors (Lipinski definition) is 1. The number of hydrogen-bond acceptors (Lipinski definition) is 6. The van der Waals surface area contributed by atoms with Gasteiger partial charge in [0.05, 0.1) is 30.9 Å². The van der Waals surface area contributed by atoms with E-state index in [1.54, 1.807) is 37.6 Å². The predicted molar refractivity (Wildman–Crippen MR) is 125 cm³/mol. The van der Waals surface area contributed by atoms with Crippen LogP contribution in [0.2, 0.25) is 5.02 Å². The molecule has 0 aliphatic rings. The molecule has 1 atom stereocenters.